The highest BCUT2D eigenvalue weighted by Gasteiger charge is 2.51. The maximum atomic E-state index is 13.4. The monoisotopic (exact) mass is 434 g/mol. The Morgan fingerprint density at radius 3 is 2.63 bits per heavy atom. The molecule has 2 aliphatic heterocycles. The molecule has 1 aromatic rings. The average Bonchev–Trinajstić information content (AvgIpc) is 2.65. The molecule has 2 fully saturated rings. The van der Waals surface area contributed by atoms with E-state index in [-0.39, 0.29) is 18.1 Å². The highest BCUT2D eigenvalue weighted by atomic mass is 35.5. The first kappa shape index (κ1) is 22.7. The molecular weight excluding hydrogens is 402 g/mol. The molecule has 1 amide bonds. The van der Waals surface area contributed by atoms with Gasteiger partial charge in [-0.15, -0.1) is 5.92 Å². The van der Waals surface area contributed by atoms with Gasteiger partial charge in [0.2, 0.25) is 0 Å². The second-order valence-corrected chi connectivity index (χ2v) is 8.81. The molecule has 0 aromatic heterocycles. The summed E-state index contributed by atoms with van der Waals surface area (Å²) in [5, 5.41) is 0.333. The lowest BCUT2D eigenvalue weighted by Crippen LogP contribution is -2.72. The minimum Gasteiger partial charge on any atom is -0.477 e. The van der Waals surface area contributed by atoms with Crippen LogP contribution in [0.5, 0.6) is 5.75 Å². The van der Waals surface area contributed by atoms with E-state index in [0.29, 0.717) is 38.7 Å². The number of rotatable bonds is 6. The predicted molar refractivity (Wildman–Crippen MR) is 119 cm³/mol. The molecule has 0 radical (unpaired) electrons. The fourth-order valence-electron chi connectivity index (χ4n) is 4.90. The van der Waals surface area contributed by atoms with Gasteiger partial charge in [0.1, 0.15) is 17.8 Å². The summed E-state index contributed by atoms with van der Waals surface area (Å²) >= 11 is 6.24. The molecule has 30 heavy (non-hydrogen) atoms. The third kappa shape index (κ3) is 4.69. The molecule has 2 aliphatic rings. The van der Waals surface area contributed by atoms with E-state index in [1.165, 1.54) is 6.42 Å². The molecule has 2 unspecified atom stereocenters. The highest BCUT2D eigenvalue weighted by molar-refractivity contribution is 6.33. The number of carbonyl (C=O) groups excluding carboxylic acids is 1. The molecule has 2 heterocycles. The van der Waals surface area contributed by atoms with Crippen molar-refractivity contribution in [3.63, 3.8) is 0 Å². The number of hydrogen-bond acceptors (Lipinski definition) is 4. The molecule has 0 saturated carbocycles. The average molecular weight is 435 g/mol. The lowest BCUT2D eigenvalue weighted by molar-refractivity contribution is -0.998. The number of ether oxygens (including phenoxy) is 2. The van der Waals surface area contributed by atoms with Crippen LogP contribution in [-0.4, -0.2) is 48.4 Å². The molecule has 7 heteroatoms. The van der Waals surface area contributed by atoms with E-state index in [1.54, 1.807) is 19.1 Å². The second kappa shape index (κ2) is 9.47. The lowest BCUT2D eigenvalue weighted by Gasteiger charge is -2.53. The molecule has 3 N–H and O–H groups in total. The number of nitrogens with zero attached hydrogens (tertiary/aromatic N) is 1. The van der Waals surface area contributed by atoms with Crippen molar-refractivity contribution in [3.05, 3.63) is 22.7 Å². The number of anilines is 1. The number of halogens is 1. The number of carbonyl (C=O) groups is 1. The highest BCUT2D eigenvalue weighted by Crippen LogP contribution is 2.39. The third-order valence-electron chi connectivity index (χ3n) is 6.40. The van der Waals surface area contributed by atoms with E-state index in [2.05, 4.69) is 24.3 Å². The number of nitrogens with one attached hydrogen (secondary N) is 1. The van der Waals surface area contributed by atoms with Crippen molar-refractivity contribution in [1.29, 1.82) is 0 Å². The fourth-order valence-corrected chi connectivity index (χ4v) is 5.06. The summed E-state index contributed by atoms with van der Waals surface area (Å²) in [7, 11) is 2.12. The zero-order chi connectivity index (χ0) is 21.9. The van der Waals surface area contributed by atoms with Gasteiger partial charge >= 0.3 is 0 Å². The Balaban J connectivity index is 1.86. The normalized spacial score (nSPS) is 28.8. The molecular formula is C23H33ClN3O3+. The fraction of sp³-hybridized carbons (Fsp3) is 0.609. The molecule has 6 nitrogen and oxygen atoms in total. The van der Waals surface area contributed by atoms with E-state index in [9.17, 15) is 4.79 Å². The standard InChI is InChI=1S/C23H32ClN3O3/c1-5-8-15(3)30-22-14-21(25)20(24)13-19(22)23(28)26-27(4)16-9-7-10-17(27)12-18(11-16)29-6-2/h13-18H,6-7,9-12H2,1-4H3,(H2-,25,26,28)/p+1/t15-,16?,17?,18?,27?/m0/s1. The van der Waals surface area contributed by atoms with Crippen LogP contribution < -0.4 is 15.9 Å². The third-order valence-corrected chi connectivity index (χ3v) is 6.73. The van der Waals surface area contributed by atoms with Gasteiger partial charge in [0.15, 0.2) is 6.10 Å². The molecule has 3 rings (SSSR count). The van der Waals surface area contributed by atoms with Crippen LogP contribution in [0, 0.1) is 11.8 Å². The Bertz CT molecular complexity index is 834. The summed E-state index contributed by atoms with van der Waals surface area (Å²) in [5.41, 5.74) is 10.0. The van der Waals surface area contributed by atoms with Gasteiger partial charge in [-0.1, -0.05) is 17.5 Å². The Labute approximate surface area is 184 Å². The molecule has 2 saturated heterocycles. The minimum absolute atomic E-state index is 0.210. The molecule has 2 bridgehead atoms. The zero-order valence-corrected chi connectivity index (χ0v) is 19.1. The van der Waals surface area contributed by atoms with Crippen molar-refractivity contribution in [2.45, 2.75) is 77.2 Å². The quantitative estimate of drug-likeness (QED) is 0.404. The van der Waals surface area contributed by atoms with E-state index in [0.717, 1.165) is 32.3 Å². The molecule has 0 spiro atoms. The maximum absolute atomic E-state index is 13.4. The predicted octanol–water partition coefficient (Wildman–Crippen LogP) is 3.92. The van der Waals surface area contributed by atoms with Gasteiger partial charge in [0.05, 0.1) is 29.4 Å². The van der Waals surface area contributed by atoms with Crippen LogP contribution in [0.1, 0.15) is 63.2 Å². The van der Waals surface area contributed by atoms with E-state index in [4.69, 9.17) is 26.8 Å². The first-order chi connectivity index (χ1) is 14.3. The Morgan fingerprint density at radius 1 is 1.37 bits per heavy atom. The summed E-state index contributed by atoms with van der Waals surface area (Å²) in [4.78, 5) is 13.4. The number of hydrogen-bond donors (Lipinski definition) is 2. The van der Waals surface area contributed by atoms with Gasteiger partial charge in [-0.05, 0) is 33.3 Å². The van der Waals surface area contributed by atoms with Crippen LogP contribution in [0.2, 0.25) is 5.02 Å². The van der Waals surface area contributed by atoms with E-state index in [1.807, 2.05) is 13.8 Å². The Morgan fingerprint density at radius 2 is 2.03 bits per heavy atom. The van der Waals surface area contributed by atoms with Gasteiger partial charge < -0.3 is 15.2 Å². The van der Waals surface area contributed by atoms with Crippen molar-refractivity contribution < 1.29 is 18.9 Å². The van der Waals surface area contributed by atoms with Crippen LogP contribution in [0.3, 0.4) is 0 Å². The summed E-state index contributed by atoms with van der Waals surface area (Å²) in [6.45, 7) is 6.35. The SMILES string of the molecule is CC#C[C@H](C)Oc1cc(N)c(Cl)cc1C(=O)N[N+]1(C)C2CCCC1CC(OCC)C2. The largest absolute Gasteiger partial charge is 0.477 e. The topological polar surface area (TPSA) is 73.6 Å². The van der Waals surface area contributed by atoms with Crippen molar-refractivity contribution in [3.8, 4) is 17.6 Å². The van der Waals surface area contributed by atoms with Crippen LogP contribution in [0.25, 0.3) is 0 Å². The zero-order valence-electron chi connectivity index (χ0n) is 18.3. The van der Waals surface area contributed by atoms with Crippen LogP contribution in [0.15, 0.2) is 12.1 Å². The summed E-state index contributed by atoms with van der Waals surface area (Å²) in [6, 6.07) is 3.85. The number of quaternary nitrogens is 1. The molecule has 3 atom stereocenters. The first-order valence-corrected chi connectivity index (χ1v) is 11.1. The number of piperidine rings is 2. The second-order valence-electron chi connectivity index (χ2n) is 8.40. The summed E-state index contributed by atoms with van der Waals surface area (Å²) in [6.07, 6.45) is 5.15. The van der Waals surface area contributed by atoms with Gasteiger partial charge in [-0.25, -0.2) is 4.59 Å². The van der Waals surface area contributed by atoms with Gasteiger partial charge in [-0.2, -0.15) is 5.43 Å². The van der Waals surface area contributed by atoms with Crippen LogP contribution >= 0.6 is 11.6 Å². The van der Waals surface area contributed by atoms with Crippen LogP contribution in [0.4, 0.5) is 5.69 Å². The smallest absolute Gasteiger partial charge is 0.299 e. The molecule has 0 aliphatic carbocycles. The Kier molecular flexibility index (Phi) is 7.18. The molecule has 164 valence electrons. The Hall–Kier alpha value is -1.94. The van der Waals surface area contributed by atoms with Gasteiger partial charge in [-0.3, -0.25) is 4.79 Å². The van der Waals surface area contributed by atoms with Gasteiger partial charge in [0.25, 0.3) is 5.91 Å². The number of benzene rings is 1. The number of nitrogen functional groups attached to an aromatic ring is 1. The van der Waals surface area contributed by atoms with E-state index >= 15 is 0 Å². The first-order valence-electron chi connectivity index (χ1n) is 10.8. The summed E-state index contributed by atoms with van der Waals surface area (Å²) in [5.74, 6) is 5.95. The maximum Gasteiger partial charge on any atom is 0.299 e. The van der Waals surface area contributed by atoms with Gasteiger partial charge in [0, 0.05) is 38.4 Å². The molecule has 1 aromatic carbocycles. The summed E-state index contributed by atoms with van der Waals surface area (Å²) < 4.78 is 12.4. The van der Waals surface area contributed by atoms with Crippen molar-refractivity contribution >= 4 is 23.2 Å². The minimum atomic E-state index is -0.367. The van der Waals surface area contributed by atoms with Crippen molar-refractivity contribution in [2.24, 2.45) is 0 Å². The lowest BCUT2D eigenvalue weighted by atomic mass is 9.82. The van der Waals surface area contributed by atoms with E-state index < -0.39 is 0 Å². The number of nitrogens with two attached hydrogens (primary N) is 1. The van der Waals surface area contributed by atoms with Crippen molar-refractivity contribution in [1.82, 2.24) is 5.43 Å². The number of amides is 1. The van der Waals surface area contributed by atoms with Crippen molar-refractivity contribution in [2.75, 3.05) is 19.4 Å². The number of fused-ring (bicyclic) bond motifs is 2. The van der Waals surface area contributed by atoms with Crippen LogP contribution in [-0.2, 0) is 4.74 Å².